The Morgan fingerprint density at radius 2 is 1.91 bits per heavy atom. The first-order chi connectivity index (χ1) is 17.2. The van der Waals surface area contributed by atoms with Crippen molar-refractivity contribution in [1.82, 2.24) is 14.9 Å². The second-order valence-corrected chi connectivity index (χ2v) is 10.2. The third-order valence-corrected chi connectivity index (χ3v) is 7.77. The van der Waals surface area contributed by atoms with Gasteiger partial charge in [0.15, 0.2) is 0 Å². The fourth-order valence-corrected chi connectivity index (χ4v) is 5.89. The van der Waals surface area contributed by atoms with Crippen LogP contribution in [-0.4, -0.2) is 40.7 Å². The van der Waals surface area contributed by atoms with Gasteiger partial charge in [-0.1, -0.05) is 36.1 Å². The quantitative estimate of drug-likeness (QED) is 0.228. The van der Waals surface area contributed by atoms with Gasteiger partial charge in [-0.2, -0.15) is 0 Å². The van der Waals surface area contributed by atoms with Gasteiger partial charge in [0, 0.05) is 34.7 Å². The average molecular weight is 493 g/mol. The van der Waals surface area contributed by atoms with Crippen molar-refractivity contribution < 1.29 is 0 Å². The number of rotatable bonds is 9. The van der Waals surface area contributed by atoms with Gasteiger partial charge in [0.1, 0.15) is 0 Å². The van der Waals surface area contributed by atoms with Crippen LogP contribution in [0.4, 0.5) is 0 Å². The number of allylic oxidation sites excluding steroid dienone is 2. The summed E-state index contributed by atoms with van der Waals surface area (Å²) < 4.78 is 0. The van der Waals surface area contributed by atoms with Crippen molar-refractivity contribution in [1.29, 1.82) is 0 Å². The number of nitrogens with zero attached hydrogens (tertiary/aromatic N) is 3. The van der Waals surface area contributed by atoms with Gasteiger partial charge in [-0.3, -0.25) is 4.99 Å². The van der Waals surface area contributed by atoms with Gasteiger partial charge in [-0.05, 0) is 108 Å². The highest BCUT2D eigenvalue weighted by atomic mass is 35.5. The molecule has 1 aromatic heterocycles. The number of aromatic nitrogens is 2. The van der Waals surface area contributed by atoms with Crippen LogP contribution in [0.1, 0.15) is 81.5 Å². The molecule has 0 saturated carbocycles. The van der Waals surface area contributed by atoms with Gasteiger partial charge < -0.3 is 9.88 Å². The number of fused-ring (bicyclic) bond motifs is 1. The molecular weight excluding hydrogens is 452 g/mol. The third kappa shape index (κ3) is 7.56. The summed E-state index contributed by atoms with van der Waals surface area (Å²) in [4.78, 5) is 14.9. The molecule has 188 valence electrons. The van der Waals surface area contributed by atoms with Crippen LogP contribution in [0.5, 0.6) is 0 Å². The molecule has 0 amide bonds. The van der Waals surface area contributed by atoms with Gasteiger partial charge >= 0.3 is 0 Å². The van der Waals surface area contributed by atoms with Gasteiger partial charge in [0.2, 0.25) is 0 Å². The number of unbranched alkanes of at least 4 members (excludes halogenated alkanes) is 3. The molecule has 1 N–H and O–H groups in total. The number of likely N-dealkylation sites (tertiary alicyclic amines) is 1. The van der Waals surface area contributed by atoms with Crippen molar-refractivity contribution in [3.05, 3.63) is 63.8 Å². The van der Waals surface area contributed by atoms with Crippen molar-refractivity contribution in [3.8, 4) is 12.8 Å². The fourth-order valence-electron chi connectivity index (χ4n) is 5.70. The van der Waals surface area contributed by atoms with E-state index >= 15 is 0 Å². The largest absolute Gasteiger partial charge is 0.348 e. The summed E-state index contributed by atoms with van der Waals surface area (Å²) in [5.41, 5.74) is 6.91. The molecule has 5 heteroatoms. The number of H-pyrrole nitrogens is 1. The molecule has 1 aliphatic carbocycles. The SMILES string of the molecule is C#C.CC=NC1=C(C)CCc2cc(Cl)ccc2C1C1CCN(CCCCCCc2cnc[nH]2)CC1. The number of imidazole rings is 1. The molecule has 0 radical (unpaired) electrons. The zero-order valence-corrected chi connectivity index (χ0v) is 22.2. The van der Waals surface area contributed by atoms with E-state index in [1.807, 2.05) is 19.3 Å². The predicted octanol–water partition coefficient (Wildman–Crippen LogP) is 7.22. The Morgan fingerprint density at radius 3 is 2.63 bits per heavy atom. The molecule has 1 saturated heterocycles. The smallest absolute Gasteiger partial charge is 0.0921 e. The number of hydrogen-bond donors (Lipinski definition) is 1. The predicted molar refractivity (Wildman–Crippen MR) is 149 cm³/mol. The van der Waals surface area contributed by atoms with Crippen molar-refractivity contribution in [2.45, 2.75) is 77.6 Å². The van der Waals surface area contributed by atoms with Crippen LogP contribution in [0.25, 0.3) is 0 Å². The van der Waals surface area contributed by atoms with E-state index in [2.05, 4.69) is 52.8 Å². The van der Waals surface area contributed by atoms with E-state index in [9.17, 15) is 0 Å². The van der Waals surface area contributed by atoms with Crippen molar-refractivity contribution in [2.24, 2.45) is 10.9 Å². The first-order valence-corrected chi connectivity index (χ1v) is 13.5. The minimum atomic E-state index is 0.403. The van der Waals surface area contributed by atoms with E-state index in [-0.39, 0.29) is 0 Å². The van der Waals surface area contributed by atoms with Crippen LogP contribution in [0.2, 0.25) is 5.02 Å². The van der Waals surface area contributed by atoms with E-state index < -0.39 is 0 Å². The maximum Gasteiger partial charge on any atom is 0.0921 e. The van der Waals surface area contributed by atoms with Crippen LogP contribution >= 0.6 is 11.6 Å². The van der Waals surface area contributed by atoms with E-state index in [1.54, 1.807) is 6.33 Å². The Hall–Kier alpha value is -2.35. The summed E-state index contributed by atoms with van der Waals surface area (Å²) in [7, 11) is 0. The molecule has 1 atom stereocenters. The molecule has 0 bridgehead atoms. The van der Waals surface area contributed by atoms with Crippen molar-refractivity contribution in [3.63, 3.8) is 0 Å². The molecule has 2 heterocycles. The monoisotopic (exact) mass is 492 g/mol. The van der Waals surface area contributed by atoms with Crippen LogP contribution < -0.4 is 0 Å². The summed E-state index contributed by atoms with van der Waals surface area (Å²) in [6.45, 7) is 7.98. The number of benzene rings is 1. The number of aliphatic imine (C=N–C) groups is 1. The second kappa shape index (κ2) is 14.3. The molecule has 1 unspecified atom stereocenters. The second-order valence-electron chi connectivity index (χ2n) is 9.79. The minimum Gasteiger partial charge on any atom is -0.348 e. The lowest BCUT2D eigenvalue weighted by molar-refractivity contribution is 0.171. The summed E-state index contributed by atoms with van der Waals surface area (Å²) in [5, 5.41) is 0.854. The Balaban J connectivity index is 0.00000167. The molecule has 2 aromatic rings. The molecule has 35 heavy (non-hydrogen) atoms. The molecular formula is C30H41ClN4. The molecule has 4 nitrogen and oxygen atoms in total. The maximum absolute atomic E-state index is 6.37. The van der Waals surface area contributed by atoms with E-state index in [4.69, 9.17) is 16.6 Å². The number of hydrogen-bond acceptors (Lipinski definition) is 3. The lowest BCUT2D eigenvalue weighted by Gasteiger charge is -2.37. The number of aromatic amines is 1. The lowest BCUT2D eigenvalue weighted by Crippen LogP contribution is -2.36. The van der Waals surface area contributed by atoms with Gasteiger partial charge in [-0.15, -0.1) is 12.8 Å². The molecule has 1 fully saturated rings. The first-order valence-electron chi connectivity index (χ1n) is 13.1. The van der Waals surface area contributed by atoms with Gasteiger partial charge in [0.05, 0.1) is 6.33 Å². The number of terminal acetylenes is 1. The van der Waals surface area contributed by atoms with Crippen LogP contribution in [0.3, 0.4) is 0 Å². The zero-order chi connectivity index (χ0) is 25.0. The average Bonchev–Trinajstić information content (AvgIpc) is 3.36. The molecule has 1 aliphatic heterocycles. The standard InChI is InChI=1S/C28H39ClN4.C2H2/c1-3-31-28-21(2)9-10-23-18-24(29)11-12-26(23)27(28)22-13-16-33(17-14-22)15-7-5-4-6-8-25-19-30-20-32-25;1-2/h3,11-12,18-20,22,27H,4-10,13-17H2,1-2H3,(H,30,32);1-2H. The Morgan fingerprint density at radius 1 is 1.14 bits per heavy atom. The van der Waals surface area contributed by atoms with E-state index in [1.165, 1.54) is 86.3 Å². The summed E-state index contributed by atoms with van der Waals surface area (Å²) in [5.74, 6) is 1.06. The third-order valence-electron chi connectivity index (χ3n) is 7.54. The minimum absolute atomic E-state index is 0.403. The molecule has 0 spiro atoms. The van der Waals surface area contributed by atoms with Crippen molar-refractivity contribution in [2.75, 3.05) is 19.6 Å². The molecule has 1 aromatic carbocycles. The number of piperidine rings is 1. The van der Waals surface area contributed by atoms with Gasteiger partial charge in [-0.25, -0.2) is 4.98 Å². The fraction of sp³-hybridized carbons (Fsp3) is 0.533. The number of aryl methyl sites for hydroxylation is 2. The summed E-state index contributed by atoms with van der Waals surface area (Å²) in [6.07, 6.45) is 24.7. The topological polar surface area (TPSA) is 44.3 Å². The van der Waals surface area contributed by atoms with E-state index in [0.29, 0.717) is 11.8 Å². The zero-order valence-electron chi connectivity index (χ0n) is 21.5. The first kappa shape index (κ1) is 27.2. The van der Waals surface area contributed by atoms with Crippen LogP contribution in [0.15, 0.2) is 47.0 Å². The van der Waals surface area contributed by atoms with Crippen LogP contribution in [0, 0.1) is 18.8 Å². The highest BCUT2D eigenvalue weighted by Crippen LogP contribution is 2.44. The highest BCUT2D eigenvalue weighted by Gasteiger charge is 2.33. The number of halogens is 1. The maximum atomic E-state index is 6.37. The van der Waals surface area contributed by atoms with Crippen molar-refractivity contribution >= 4 is 17.8 Å². The number of nitrogens with one attached hydrogen (secondary N) is 1. The Bertz CT molecular complexity index is 981. The normalized spacial score (nSPS) is 19.3. The Kier molecular flexibility index (Phi) is 11.1. The summed E-state index contributed by atoms with van der Waals surface area (Å²) in [6, 6.07) is 6.54. The lowest BCUT2D eigenvalue weighted by atomic mass is 9.76. The molecule has 4 rings (SSSR count). The summed E-state index contributed by atoms with van der Waals surface area (Å²) >= 11 is 6.37. The van der Waals surface area contributed by atoms with Gasteiger partial charge in [0.25, 0.3) is 0 Å². The van der Waals surface area contributed by atoms with E-state index in [0.717, 1.165) is 24.3 Å². The highest BCUT2D eigenvalue weighted by molar-refractivity contribution is 6.30. The van der Waals surface area contributed by atoms with Crippen LogP contribution in [-0.2, 0) is 12.8 Å². The molecule has 2 aliphatic rings. The Labute approximate surface area is 217 Å².